The molecule has 2 aromatic rings. The average molecular weight is 460 g/mol. The molecule has 34 heavy (non-hydrogen) atoms. The van der Waals surface area contributed by atoms with E-state index >= 15 is 0 Å². The van der Waals surface area contributed by atoms with Gasteiger partial charge in [-0.25, -0.2) is 4.39 Å². The molecule has 1 N–H and O–H groups in total. The third kappa shape index (κ3) is 5.26. The summed E-state index contributed by atoms with van der Waals surface area (Å²) in [5.74, 6) is -0.415. The molecule has 0 aromatic heterocycles. The fourth-order valence-electron chi connectivity index (χ4n) is 4.81. The Morgan fingerprint density at radius 3 is 2.50 bits per heavy atom. The van der Waals surface area contributed by atoms with Crippen molar-refractivity contribution < 1.29 is 13.9 Å². The minimum atomic E-state index is -0.587. The van der Waals surface area contributed by atoms with E-state index in [0.29, 0.717) is 36.5 Å². The van der Waals surface area contributed by atoms with Crippen molar-refractivity contribution in [1.29, 1.82) is 5.26 Å². The number of ketones is 1. The van der Waals surface area contributed by atoms with Crippen molar-refractivity contribution in [3.8, 4) is 6.07 Å². The van der Waals surface area contributed by atoms with Gasteiger partial charge in [-0.15, -0.1) is 0 Å². The maximum atomic E-state index is 14.7. The van der Waals surface area contributed by atoms with E-state index in [9.17, 15) is 14.4 Å². The number of halogens is 1. The van der Waals surface area contributed by atoms with Gasteiger partial charge in [0.15, 0.2) is 11.6 Å². The third-order valence-corrected chi connectivity index (χ3v) is 6.66. The summed E-state index contributed by atoms with van der Waals surface area (Å²) in [4.78, 5) is 18.2. The second-order valence-electron chi connectivity index (χ2n) is 9.11. The lowest BCUT2D eigenvalue weighted by Gasteiger charge is -2.22. The molecule has 1 saturated carbocycles. The van der Waals surface area contributed by atoms with Crippen LogP contribution in [-0.2, 0) is 9.53 Å². The molecule has 0 saturated heterocycles. The van der Waals surface area contributed by atoms with Gasteiger partial charge in [-0.05, 0) is 55.4 Å². The molecular formula is C28H30FN3O2. The van der Waals surface area contributed by atoms with Gasteiger partial charge in [0.1, 0.15) is 11.9 Å². The predicted octanol–water partition coefficient (Wildman–Crippen LogP) is 5.43. The van der Waals surface area contributed by atoms with E-state index in [1.165, 1.54) is 12.1 Å². The highest BCUT2D eigenvalue weighted by molar-refractivity contribution is 6.41. The number of hydrogen-bond acceptors (Lipinski definition) is 4. The first-order valence-corrected chi connectivity index (χ1v) is 11.9. The van der Waals surface area contributed by atoms with Crippen LogP contribution >= 0.6 is 0 Å². The van der Waals surface area contributed by atoms with E-state index < -0.39 is 5.82 Å². The van der Waals surface area contributed by atoms with E-state index in [2.05, 4.69) is 5.32 Å². The number of carbonyl (C=O) groups is 1. The van der Waals surface area contributed by atoms with Crippen molar-refractivity contribution in [3.05, 3.63) is 70.5 Å². The van der Waals surface area contributed by atoms with Crippen LogP contribution in [-0.4, -0.2) is 31.4 Å². The molecule has 1 aliphatic heterocycles. The number of aliphatic imine (C=N–C) groups is 1. The first-order chi connectivity index (χ1) is 16.5. The Balaban J connectivity index is 1.91. The van der Waals surface area contributed by atoms with Gasteiger partial charge >= 0.3 is 0 Å². The number of aryl methyl sites for hydroxylation is 1. The molecule has 0 spiro atoms. The maximum Gasteiger partial charge on any atom is 0.198 e. The van der Waals surface area contributed by atoms with E-state index in [0.717, 1.165) is 42.4 Å². The molecule has 1 unspecified atom stereocenters. The molecule has 1 heterocycles. The number of nitriles is 1. The van der Waals surface area contributed by atoms with E-state index in [-0.39, 0.29) is 23.3 Å². The van der Waals surface area contributed by atoms with Crippen LogP contribution in [0.2, 0.25) is 0 Å². The maximum absolute atomic E-state index is 14.7. The second-order valence-corrected chi connectivity index (χ2v) is 9.11. The van der Waals surface area contributed by atoms with Crippen LogP contribution < -0.4 is 5.32 Å². The molecule has 176 valence electrons. The third-order valence-electron chi connectivity index (χ3n) is 6.66. The molecule has 6 heteroatoms. The molecule has 2 aliphatic rings. The average Bonchev–Trinajstić information content (AvgIpc) is 3.30. The number of hydrogen-bond donors (Lipinski definition) is 1. The van der Waals surface area contributed by atoms with Crippen molar-refractivity contribution in [2.24, 2.45) is 10.9 Å². The minimum Gasteiger partial charge on any atom is -0.385 e. The highest BCUT2D eigenvalue weighted by Gasteiger charge is 2.31. The van der Waals surface area contributed by atoms with Gasteiger partial charge in [0.2, 0.25) is 0 Å². The van der Waals surface area contributed by atoms with Crippen LogP contribution in [0.25, 0.3) is 11.3 Å². The number of nitrogens with zero attached hydrogens (tertiary/aromatic N) is 2. The molecule has 1 atom stereocenters. The number of allylic oxidation sites excluding steroid dienone is 1. The first kappa shape index (κ1) is 23.8. The second kappa shape index (κ2) is 10.8. The quantitative estimate of drug-likeness (QED) is 0.625. The Bertz CT molecular complexity index is 1160. The molecule has 1 aliphatic carbocycles. The van der Waals surface area contributed by atoms with Gasteiger partial charge in [-0.2, -0.15) is 5.26 Å². The smallest absolute Gasteiger partial charge is 0.198 e. The number of carbonyl (C=O) groups excluding carboxylic acids is 1. The number of nitrogens with one attached hydrogen (secondary N) is 1. The number of methoxy groups -OCH3 is 1. The summed E-state index contributed by atoms with van der Waals surface area (Å²) >= 11 is 0. The molecule has 0 radical (unpaired) electrons. The zero-order chi connectivity index (χ0) is 24.1. The zero-order valence-corrected chi connectivity index (χ0v) is 19.7. The van der Waals surface area contributed by atoms with E-state index in [4.69, 9.17) is 9.73 Å². The van der Waals surface area contributed by atoms with Gasteiger partial charge in [0.25, 0.3) is 0 Å². The lowest BCUT2D eigenvalue weighted by atomic mass is 9.84. The highest BCUT2D eigenvalue weighted by Crippen LogP contribution is 2.38. The Morgan fingerprint density at radius 2 is 1.85 bits per heavy atom. The summed E-state index contributed by atoms with van der Waals surface area (Å²) in [5, 5.41) is 12.5. The van der Waals surface area contributed by atoms with Gasteiger partial charge in [0.05, 0.1) is 17.3 Å². The van der Waals surface area contributed by atoms with Gasteiger partial charge in [0, 0.05) is 25.7 Å². The summed E-state index contributed by atoms with van der Waals surface area (Å²) in [6.07, 6.45) is 5.12. The Hall–Kier alpha value is -3.30. The SMILES string of the molecule is COCCC1CC(=O)C(=NC2CCCC2)NC(c2ccc(C#N)c(F)c2)=C1c1ccc(C)cc1. The van der Waals surface area contributed by atoms with Crippen molar-refractivity contribution in [2.45, 2.75) is 51.5 Å². The summed E-state index contributed by atoms with van der Waals surface area (Å²) in [6, 6.07) is 14.7. The lowest BCUT2D eigenvalue weighted by molar-refractivity contribution is -0.113. The molecular weight excluding hydrogens is 429 g/mol. The van der Waals surface area contributed by atoms with E-state index in [1.807, 2.05) is 37.3 Å². The number of ether oxygens (including phenoxy) is 1. The van der Waals surface area contributed by atoms with Crippen LogP contribution in [0, 0.1) is 30.0 Å². The normalized spacial score (nSPS) is 20.4. The fourth-order valence-corrected chi connectivity index (χ4v) is 4.81. The molecule has 5 nitrogen and oxygen atoms in total. The van der Waals surface area contributed by atoms with Gasteiger partial charge < -0.3 is 10.1 Å². The van der Waals surface area contributed by atoms with Crippen molar-refractivity contribution in [1.82, 2.24) is 5.32 Å². The monoisotopic (exact) mass is 459 g/mol. The first-order valence-electron chi connectivity index (χ1n) is 11.9. The molecule has 0 bridgehead atoms. The standard InChI is InChI=1S/C28H30FN3O2/c1-18-7-9-19(10-8-18)26-20(13-14-34-2)16-25(33)28(31-23-5-3-4-6-23)32-27(26)21-11-12-22(17-30)24(29)15-21/h7-12,15,20,23H,3-6,13-14,16H2,1-2H3,(H,31,32). The molecule has 1 fully saturated rings. The molecule has 2 aromatic carbocycles. The van der Waals surface area contributed by atoms with Crippen molar-refractivity contribution in [2.75, 3.05) is 13.7 Å². The van der Waals surface area contributed by atoms with Crippen molar-refractivity contribution in [3.63, 3.8) is 0 Å². The number of benzene rings is 2. The molecule has 4 rings (SSSR count). The number of amidine groups is 1. The van der Waals surface area contributed by atoms with Crippen LogP contribution in [0.3, 0.4) is 0 Å². The van der Waals surface area contributed by atoms with Gasteiger partial charge in [-0.3, -0.25) is 9.79 Å². The Morgan fingerprint density at radius 1 is 1.15 bits per heavy atom. The summed E-state index contributed by atoms with van der Waals surface area (Å²) < 4.78 is 20.1. The minimum absolute atomic E-state index is 0.0123. The topological polar surface area (TPSA) is 74.5 Å². The largest absolute Gasteiger partial charge is 0.385 e. The summed E-state index contributed by atoms with van der Waals surface area (Å²) in [6.45, 7) is 2.52. The van der Waals surface area contributed by atoms with Crippen LogP contribution in [0.4, 0.5) is 4.39 Å². The summed E-state index contributed by atoms with van der Waals surface area (Å²) in [7, 11) is 1.65. The van der Waals surface area contributed by atoms with Crippen molar-refractivity contribution >= 4 is 22.9 Å². The van der Waals surface area contributed by atoms with Gasteiger partial charge in [-0.1, -0.05) is 48.7 Å². The molecule has 0 amide bonds. The number of rotatable bonds is 6. The highest BCUT2D eigenvalue weighted by atomic mass is 19.1. The zero-order valence-electron chi connectivity index (χ0n) is 19.7. The fraction of sp³-hybridized carbons (Fsp3) is 0.393. The van der Waals surface area contributed by atoms with E-state index in [1.54, 1.807) is 13.2 Å². The Labute approximate surface area is 200 Å². The predicted molar refractivity (Wildman–Crippen MR) is 132 cm³/mol. The Kier molecular flexibility index (Phi) is 7.54. The summed E-state index contributed by atoms with van der Waals surface area (Å²) in [5.41, 5.74) is 4.27. The lowest BCUT2D eigenvalue weighted by Crippen LogP contribution is -2.30. The number of Topliss-reactive ketones (excluding diaryl/α,β-unsaturated/α-hetero) is 1. The van der Waals surface area contributed by atoms with Crippen LogP contribution in [0.1, 0.15) is 60.8 Å². The van der Waals surface area contributed by atoms with Crippen LogP contribution in [0.15, 0.2) is 47.5 Å². The van der Waals surface area contributed by atoms with Crippen LogP contribution in [0.5, 0.6) is 0 Å².